The third kappa shape index (κ3) is 5.55. The van der Waals surface area contributed by atoms with Crippen molar-refractivity contribution in [2.75, 3.05) is 11.4 Å². The molecule has 188 valence electrons. The zero-order valence-electron chi connectivity index (χ0n) is 21.0. The average molecular weight is 511 g/mol. The fraction of sp³-hybridized carbons (Fsp3) is 0.250. The average Bonchev–Trinajstić information content (AvgIpc) is 3.01. The molecular weight excluding hydrogens is 480 g/mol. The van der Waals surface area contributed by atoms with Crippen molar-refractivity contribution in [3.63, 3.8) is 0 Å². The number of halogens is 1. The van der Waals surface area contributed by atoms with Crippen LogP contribution in [0.4, 0.5) is 5.69 Å². The second-order valence-electron chi connectivity index (χ2n) is 9.64. The van der Waals surface area contributed by atoms with E-state index in [0.29, 0.717) is 23.7 Å². The fourth-order valence-electron chi connectivity index (χ4n) is 5.01. The van der Waals surface area contributed by atoms with Crippen LogP contribution in [-0.4, -0.2) is 29.3 Å². The number of nitrogens with zero attached hydrogens (tertiary/aromatic N) is 2. The number of hydrogen-bond acceptors (Lipinski definition) is 3. The number of aliphatic imine (C=N–C) groups is 1. The van der Waals surface area contributed by atoms with Gasteiger partial charge in [0.05, 0.1) is 11.4 Å². The first-order chi connectivity index (χ1) is 18.0. The Balaban J connectivity index is 1.60. The molecule has 0 bridgehead atoms. The van der Waals surface area contributed by atoms with E-state index in [9.17, 15) is 9.90 Å². The number of aromatic hydroxyl groups is 1. The Labute approximate surface area is 223 Å². The van der Waals surface area contributed by atoms with Crippen molar-refractivity contribution >= 4 is 39.7 Å². The first-order valence-electron chi connectivity index (χ1n) is 13.0. The summed E-state index contributed by atoms with van der Waals surface area (Å²) in [5.41, 5.74) is 4.29. The van der Waals surface area contributed by atoms with E-state index in [1.165, 1.54) is 5.39 Å². The summed E-state index contributed by atoms with van der Waals surface area (Å²) >= 11 is 6.46. The minimum absolute atomic E-state index is 0.00186. The van der Waals surface area contributed by atoms with E-state index in [1.54, 1.807) is 12.1 Å². The number of amides is 1. The molecule has 1 amide bonds. The number of fused-ring (bicyclic) bond motifs is 2. The van der Waals surface area contributed by atoms with Crippen LogP contribution in [0.25, 0.3) is 10.8 Å². The van der Waals surface area contributed by atoms with E-state index in [2.05, 4.69) is 37.3 Å². The van der Waals surface area contributed by atoms with Crippen LogP contribution in [-0.2, 0) is 11.2 Å². The standard InChI is InChI=1S/C32H31ClN2O2/c1-2-3-4-7-18-35-30-17-14-26(33)21-28(30)31(24-12-15-27(36)16-13-24)34-29(32(35)37)20-22-10-11-23-8-5-6-9-25(23)19-22/h5-6,8-17,19,21,29,36H,2-4,7,18,20H2,1H3. The number of hydrogen-bond donors (Lipinski definition) is 1. The lowest BCUT2D eigenvalue weighted by molar-refractivity contribution is -0.119. The number of rotatable bonds is 8. The predicted octanol–water partition coefficient (Wildman–Crippen LogP) is 7.57. The van der Waals surface area contributed by atoms with Gasteiger partial charge in [0.1, 0.15) is 11.8 Å². The fourth-order valence-corrected chi connectivity index (χ4v) is 5.18. The van der Waals surface area contributed by atoms with Crippen LogP contribution in [0.15, 0.2) is 89.9 Å². The Morgan fingerprint density at radius 3 is 2.46 bits per heavy atom. The number of carbonyl (C=O) groups excluding carboxylic acids is 1. The van der Waals surface area contributed by atoms with Crippen molar-refractivity contribution in [2.45, 2.75) is 45.1 Å². The Hall–Kier alpha value is -3.63. The van der Waals surface area contributed by atoms with Crippen molar-refractivity contribution in [2.24, 2.45) is 4.99 Å². The molecule has 1 atom stereocenters. The molecule has 37 heavy (non-hydrogen) atoms. The highest BCUT2D eigenvalue weighted by molar-refractivity contribution is 6.32. The molecule has 0 saturated carbocycles. The van der Waals surface area contributed by atoms with Gasteiger partial charge in [-0.15, -0.1) is 0 Å². The molecule has 0 aliphatic carbocycles. The maximum absolute atomic E-state index is 14.1. The van der Waals surface area contributed by atoms with Gasteiger partial charge < -0.3 is 10.0 Å². The number of phenols is 1. The molecule has 1 aliphatic heterocycles. The summed E-state index contributed by atoms with van der Waals surface area (Å²) in [5, 5.41) is 12.8. The maximum atomic E-state index is 14.1. The SMILES string of the molecule is CCCCCCN1C(=O)C(Cc2ccc3ccccc3c2)N=C(c2ccc(O)cc2)c2cc(Cl)ccc21. The summed E-state index contributed by atoms with van der Waals surface area (Å²) in [6, 6.07) is 26.7. The minimum Gasteiger partial charge on any atom is -0.508 e. The van der Waals surface area contributed by atoms with Gasteiger partial charge in [-0.1, -0.05) is 80.3 Å². The van der Waals surface area contributed by atoms with Crippen LogP contribution < -0.4 is 4.90 Å². The number of anilines is 1. The Bertz CT molecular complexity index is 1450. The molecule has 0 spiro atoms. The minimum atomic E-state index is -0.581. The zero-order valence-corrected chi connectivity index (χ0v) is 21.8. The first-order valence-corrected chi connectivity index (χ1v) is 13.4. The van der Waals surface area contributed by atoms with Crippen LogP contribution in [0, 0.1) is 0 Å². The molecule has 5 rings (SSSR count). The highest BCUT2D eigenvalue weighted by atomic mass is 35.5. The van der Waals surface area contributed by atoms with Crippen molar-refractivity contribution in [3.8, 4) is 5.75 Å². The monoisotopic (exact) mass is 510 g/mol. The molecule has 1 unspecified atom stereocenters. The second-order valence-corrected chi connectivity index (χ2v) is 10.1. The van der Waals surface area contributed by atoms with E-state index in [4.69, 9.17) is 16.6 Å². The lowest BCUT2D eigenvalue weighted by Gasteiger charge is -2.25. The molecule has 4 aromatic rings. The topological polar surface area (TPSA) is 52.9 Å². The van der Waals surface area contributed by atoms with Gasteiger partial charge in [0.2, 0.25) is 0 Å². The molecule has 0 saturated heterocycles. The Kier molecular flexibility index (Phi) is 7.57. The van der Waals surface area contributed by atoms with Crippen LogP contribution >= 0.6 is 11.6 Å². The number of benzene rings is 4. The van der Waals surface area contributed by atoms with Crippen molar-refractivity contribution < 1.29 is 9.90 Å². The number of unbranched alkanes of at least 4 members (excludes halogenated alkanes) is 3. The van der Waals surface area contributed by atoms with Crippen LogP contribution in [0.1, 0.15) is 49.3 Å². The molecule has 5 heteroatoms. The predicted molar refractivity (Wildman–Crippen MR) is 153 cm³/mol. The highest BCUT2D eigenvalue weighted by Crippen LogP contribution is 2.33. The van der Waals surface area contributed by atoms with E-state index in [1.807, 2.05) is 47.4 Å². The van der Waals surface area contributed by atoms with Crippen LogP contribution in [0.5, 0.6) is 5.75 Å². The van der Waals surface area contributed by atoms with Crippen LogP contribution in [0.3, 0.4) is 0 Å². The van der Waals surface area contributed by atoms with Crippen molar-refractivity contribution in [1.82, 2.24) is 0 Å². The summed E-state index contributed by atoms with van der Waals surface area (Å²) in [7, 11) is 0. The molecule has 4 nitrogen and oxygen atoms in total. The smallest absolute Gasteiger partial charge is 0.252 e. The van der Waals surface area contributed by atoms with Gasteiger partial charge in [-0.25, -0.2) is 0 Å². The number of carbonyl (C=O) groups is 1. The van der Waals surface area contributed by atoms with E-state index in [0.717, 1.165) is 53.4 Å². The van der Waals surface area contributed by atoms with E-state index in [-0.39, 0.29) is 11.7 Å². The lowest BCUT2D eigenvalue weighted by atomic mass is 9.99. The summed E-state index contributed by atoms with van der Waals surface area (Å²) in [6.45, 7) is 2.83. The molecule has 1 heterocycles. The van der Waals surface area contributed by atoms with Gasteiger partial charge in [-0.2, -0.15) is 0 Å². The largest absolute Gasteiger partial charge is 0.508 e. The van der Waals surface area contributed by atoms with Crippen LogP contribution in [0.2, 0.25) is 5.02 Å². The molecule has 4 aromatic carbocycles. The quantitative estimate of drug-likeness (QED) is 0.248. The number of phenolic OH excluding ortho intramolecular Hbond substituents is 1. The summed E-state index contributed by atoms with van der Waals surface area (Å²) in [6.07, 6.45) is 4.78. The molecule has 1 N–H and O–H groups in total. The van der Waals surface area contributed by atoms with Gasteiger partial charge in [0.15, 0.2) is 0 Å². The summed E-state index contributed by atoms with van der Waals surface area (Å²) in [4.78, 5) is 21.1. The van der Waals surface area contributed by atoms with Crippen molar-refractivity contribution in [3.05, 3.63) is 107 Å². The maximum Gasteiger partial charge on any atom is 0.252 e. The third-order valence-electron chi connectivity index (χ3n) is 6.96. The van der Waals surface area contributed by atoms with E-state index >= 15 is 0 Å². The summed E-state index contributed by atoms with van der Waals surface area (Å²) in [5.74, 6) is 0.188. The third-order valence-corrected chi connectivity index (χ3v) is 7.19. The number of benzodiazepines with no additional fused rings is 1. The molecule has 0 radical (unpaired) electrons. The van der Waals surface area contributed by atoms with Gasteiger partial charge in [-0.3, -0.25) is 9.79 Å². The van der Waals surface area contributed by atoms with Crippen molar-refractivity contribution in [1.29, 1.82) is 0 Å². The Morgan fingerprint density at radius 2 is 1.68 bits per heavy atom. The molecular formula is C32H31ClN2O2. The summed E-state index contributed by atoms with van der Waals surface area (Å²) < 4.78 is 0. The van der Waals surface area contributed by atoms with Gasteiger partial charge in [-0.05, 0) is 65.2 Å². The second kappa shape index (κ2) is 11.2. The molecule has 0 fully saturated rings. The van der Waals surface area contributed by atoms with E-state index < -0.39 is 6.04 Å². The van der Waals surface area contributed by atoms with Gasteiger partial charge in [0.25, 0.3) is 5.91 Å². The first kappa shape index (κ1) is 25.0. The zero-order chi connectivity index (χ0) is 25.8. The molecule has 1 aliphatic rings. The molecule has 0 aromatic heterocycles. The van der Waals surface area contributed by atoms with Gasteiger partial charge in [0, 0.05) is 29.1 Å². The lowest BCUT2D eigenvalue weighted by Crippen LogP contribution is -2.39. The van der Waals surface area contributed by atoms with Gasteiger partial charge >= 0.3 is 0 Å². The normalized spacial score (nSPS) is 15.4. The highest BCUT2D eigenvalue weighted by Gasteiger charge is 2.32. The Morgan fingerprint density at radius 1 is 0.892 bits per heavy atom.